The second kappa shape index (κ2) is 7.68. The third-order valence-electron chi connectivity index (χ3n) is 3.23. The number of piperidine rings is 1. The van der Waals surface area contributed by atoms with Crippen LogP contribution in [0.2, 0.25) is 0 Å². The second-order valence-electron chi connectivity index (χ2n) is 4.88. The fourth-order valence-electron chi connectivity index (χ4n) is 2.14. The van der Waals surface area contributed by atoms with E-state index in [0.717, 1.165) is 4.90 Å². The molecule has 0 aromatic carbocycles. The number of hydrogen-bond donors (Lipinski definition) is 0. The van der Waals surface area contributed by atoms with E-state index >= 15 is 0 Å². The summed E-state index contributed by atoms with van der Waals surface area (Å²) in [5, 5.41) is 0. The summed E-state index contributed by atoms with van der Waals surface area (Å²) in [6, 6.07) is -0.428. The number of likely N-dealkylation sites (tertiary alicyclic amines) is 1. The summed E-state index contributed by atoms with van der Waals surface area (Å²) in [6.45, 7) is 0.192. The average molecular weight is 298 g/mol. The predicted molar refractivity (Wildman–Crippen MR) is 66.5 cm³/mol. The molecule has 0 saturated carbocycles. The fourth-order valence-corrected chi connectivity index (χ4v) is 2.14. The number of nitrogens with zero attached hydrogens (tertiary/aromatic N) is 2. The number of methoxy groups -OCH3 is 1. The van der Waals surface area contributed by atoms with Gasteiger partial charge in [-0.3, -0.25) is 4.90 Å². The standard InChI is InChI=1S/C12H21F3N2O3/c1-16-5-3-10(4-6-16)17(9-12(13,14)15)11(18)20-8-7-19-2/h10H,3-9H2,1-2H3. The van der Waals surface area contributed by atoms with E-state index < -0.39 is 24.9 Å². The van der Waals surface area contributed by atoms with Gasteiger partial charge in [0.05, 0.1) is 6.61 Å². The molecule has 0 bridgehead atoms. The maximum Gasteiger partial charge on any atom is 0.410 e. The molecule has 20 heavy (non-hydrogen) atoms. The minimum Gasteiger partial charge on any atom is -0.447 e. The summed E-state index contributed by atoms with van der Waals surface area (Å²) in [6.07, 6.45) is -4.31. The Morgan fingerprint density at radius 1 is 1.30 bits per heavy atom. The third kappa shape index (κ3) is 5.96. The SMILES string of the molecule is COCCOC(=O)N(CC(F)(F)F)C1CCN(C)CC1. The molecule has 0 aliphatic carbocycles. The molecule has 0 unspecified atom stereocenters. The van der Waals surface area contributed by atoms with Gasteiger partial charge in [-0.15, -0.1) is 0 Å². The predicted octanol–water partition coefficient (Wildman–Crippen LogP) is 1.73. The molecule has 0 radical (unpaired) electrons. The first kappa shape index (κ1) is 17.0. The van der Waals surface area contributed by atoms with Gasteiger partial charge in [0.25, 0.3) is 0 Å². The van der Waals surface area contributed by atoms with Gasteiger partial charge in [-0.25, -0.2) is 4.79 Å². The molecule has 1 aliphatic heterocycles. The van der Waals surface area contributed by atoms with Crippen LogP contribution in [-0.2, 0) is 9.47 Å². The summed E-state index contributed by atoms with van der Waals surface area (Å²) in [4.78, 5) is 14.6. The molecule has 1 rings (SSSR count). The third-order valence-corrected chi connectivity index (χ3v) is 3.23. The zero-order valence-corrected chi connectivity index (χ0v) is 11.8. The molecule has 0 aromatic rings. The van der Waals surface area contributed by atoms with E-state index in [0.29, 0.717) is 25.9 Å². The first-order valence-corrected chi connectivity index (χ1v) is 6.51. The van der Waals surface area contributed by atoms with Crippen LogP contribution in [0.4, 0.5) is 18.0 Å². The maximum atomic E-state index is 12.6. The van der Waals surface area contributed by atoms with Crippen LogP contribution in [0.3, 0.4) is 0 Å². The van der Waals surface area contributed by atoms with Gasteiger partial charge in [0, 0.05) is 13.2 Å². The maximum absolute atomic E-state index is 12.6. The molecule has 0 atom stereocenters. The van der Waals surface area contributed by atoms with Crippen molar-refractivity contribution in [2.75, 3.05) is 47.0 Å². The molecule has 5 nitrogen and oxygen atoms in total. The quantitative estimate of drug-likeness (QED) is 0.725. The number of halogens is 3. The molecule has 118 valence electrons. The number of ether oxygens (including phenoxy) is 2. The molecule has 0 aromatic heterocycles. The van der Waals surface area contributed by atoms with E-state index in [1.54, 1.807) is 0 Å². The molecule has 8 heteroatoms. The number of rotatable bonds is 5. The van der Waals surface area contributed by atoms with E-state index in [-0.39, 0.29) is 13.2 Å². The summed E-state index contributed by atoms with van der Waals surface area (Å²) >= 11 is 0. The van der Waals surface area contributed by atoms with Crippen molar-refractivity contribution in [1.29, 1.82) is 0 Å². The minimum absolute atomic E-state index is 0.0453. The first-order chi connectivity index (χ1) is 9.33. The van der Waals surface area contributed by atoms with E-state index in [4.69, 9.17) is 9.47 Å². The number of alkyl halides is 3. The van der Waals surface area contributed by atoms with Gasteiger partial charge in [-0.2, -0.15) is 13.2 Å². The zero-order chi connectivity index (χ0) is 15.2. The van der Waals surface area contributed by atoms with Gasteiger partial charge in [0.15, 0.2) is 0 Å². The topological polar surface area (TPSA) is 42.0 Å². The Bertz CT molecular complexity index is 305. The number of amides is 1. The Morgan fingerprint density at radius 2 is 1.90 bits per heavy atom. The van der Waals surface area contributed by atoms with Crippen LogP contribution in [0.1, 0.15) is 12.8 Å². The molecule has 1 heterocycles. The highest BCUT2D eigenvalue weighted by atomic mass is 19.4. The Hall–Kier alpha value is -1.02. The van der Waals surface area contributed by atoms with Crippen molar-refractivity contribution in [2.45, 2.75) is 25.1 Å². The van der Waals surface area contributed by atoms with Crippen molar-refractivity contribution in [3.8, 4) is 0 Å². The number of carbonyl (C=O) groups is 1. The molecule has 0 N–H and O–H groups in total. The van der Waals surface area contributed by atoms with Crippen LogP contribution >= 0.6 is 0 Å². The number of carbonyl (C=O) groups excluding carboxylic acids is 1. The lowest BCUT2D eigenvalue weighted by Crippen LogP contribution is -2.50. The largest absolute Gasteiger partial charge is 0.447 e. The normalized spacial score (nSPS) is 18.1. The highest BCUT2D eigenvalue weighted by Gasteiger charge is 2.38. The van der Waals surface area contributed by atoms with Gasteiger partial charge in [0.1, 0.15) is 13.2 Å². The van der Waals surface area contributed by atoms with Gasteiger partial charge in [-0.05, 0) is 33.0 Å². The van der Waals surface area contributed by atoms with Crippen molar-refractivity contribution in [3.05, 3.63) is 0 Å². The highest BCUT2D eigenvalue weighted by Crippen LogP contribution is 2.23. The van der Waals surface area contributed by atoms with Crippen molar-refractivity contribution < 1.29 is 27.4 Å². The molecular weight excluding hydrogens is 277 g/mol. The van der Waals surface area contributed by atoms with E-state index in [1.165, 1.54) is 7.11 Å². The van der Waals surface area contributed by atoms with Gasteiger partial charge in [-0.1, -0.05) is 0 Å². The number of hydrogen-bond acceptors (Lipinski definition) is 4. The summed E-state index contributed by atoms with van der Waals surface area (Å²) < 4.78 is 47.3. The van der Waals surface area contributed by atoms with Crippen molar-refractivity contribution >= 4 is 6.09 Å². The molecule has 1 saturated heterocycles. The van der Waals surface area contributed by atoms with E-state index in [2.05, 4.69) is 0 Å². The molecule has 1 fully saturated rings. The van der Waals surface area contributed by atoms with Crippen LogP contribution in [0, 0.1) is 0 Å². The van der Waals surface area contributed by atoms with E-state index in [1.807, 2.05) is 11.9 Å². The summed E-state index contributed by atoms with van der Waals surface area (Å²) in [5.41, 5.74) is 0. The van der Waals surface area contributed by atoms with Crippen LogP contribution in [0.5, 0.6) is 0 Å². The average Bonchev–Trinajstić information content (AvgIpc) is 2.36. The lowest BCUT2D eigenvalue weighted by atomic mass is 10.0. The minimum atomic E-state index is -4.43. The van der Waals surface area contributed by atoms with Gasteiger partial charge in [0.2, 0.25) is 0 Å². The van der Waals surface area contributed by atoms with Gasteiger partial charge < -0.3 is 14.4 Å². The van der Waals surface area contributed by atoms with Crippen molar-refractivity contribution in [2.24, 2.45) is 0 Å². The Kier molecular flexibility index (Phi) is 6.54. The highest BCUT2D eigenvalue weighted by molar-refractivity contribution is 5.68. The van der Waals surface area contributed by atoms with Crippen molar-refractivity contribution in [3.63, 3.8) is 0 Å². The molecule has 1 aliphatic rings. The lowest BCUT2D eigenvalue weighted by molar-refractivity contribution is -0.148. The monoisotopic (exact) mass is 298 g/mol. The van der Waals surface area contributed by atoms with Crippen molar-refractivity contribution in [1.82, 2.24) is 9.80 Å². The lowest BCUT2D eigenvalue weighted by Gasteiger charge is -2.36. The molecule has 0 spiro atoms. The van der Waals surface area contributed by atoms with Crippen LogP contribution in [-0.4, -0.2) is 75.1 Å². The molecular formula is C12H21F3N2O3. The van der Waals surface area contributed by atoms with Crippen LogP contribution in [0.15, 0.2) is 0 Å². The molecule has 1 amide bonds. The fraction of sp³-hybridized carbons (Fsp3) is 0.917. The Labute approximate surface area is 116 Å². The summed E-state index contributed by atoms with van der Waals surface area (Å²) in [5.74, 6) is 0. The Balaban J connectivity index is 2.62. The Morgan fingerprint density at radius 3 is 2.40 bits per heavy atom. The smallest absolute Gasteiger partial charge is 0.410 e. The summed E-state index contributed by atoms with van der Waals surface area (Å²) in [7, 11) is 3.33. The zero-order valence-electron chi connectivity index (χ0n) is 11.8. The van der Waals surface area contributed by atoms with E-state index in [9.17, 15) is 18.0 Å². The second-order valence-corrected chi connectivity index (χ2v) is 4.88. The van der Waals surface area contributed by atoms with Crippen LogP contribution < -0.4 is 0 Å². The van der Waals surface area contributed by atoms with Crippen LogP contribution in [0.25, 0.3) is 0 Å². The van der Waals surface area contributed by atoms with Gasteiger partial charge >= 0.3 is 12.3 Å². The first-order valence-electron chi connectivity index (χ1n) is 6.51.